The maximum Gasteiger partial charge on any atom is 0.224 e. The van der Waals surface area contributed by atoms with Crippen molar-refractivity contribution in [2.75, 3.05) is 13.1 Å². The van der Waals surface area contributed by atoms with Gasteiger partial charge in [0.25, 0.3) is 0 Å². The zero-order chi connectivity index (χ0) is 15.8. The number of hydrogen-bond acceptors (Lipinski definition) is 3. The van der Waals surface area contributed by atoms with E-state index in [2.05, 4.69) is 4.98 Å². The molecule has 4 nitrogen and oxygen atoms in total. The predicted octanol–water partition coefficient (Wildman–Crippen LogP) is 2.14. The number of rotatable bonds is 7. The zero-order valence-corrected chi connectivity index (χ0v) is 12.4. The summed E-state index contributed by atoms with van der Waals surface area (Å²) < 4.78 is 13.0. The van der Waals surface area contributed by atoms with E-state index < -0.39 is 0 Å². The SMILES string of the molecule is NCCC(=O)N(CCc1ccccn1)Cc1ccc(F)cc1. The predicted molar refractivity (Wildman–Crippen MR) is 83.4 cm³/mol. The van der Waals surface area contributed by atoms with Gasteiger partial charge >= 0.3 is 0 Å². The second-order valence-corrected chi connectivity index (χ2v) is 5.05. The second kappa shape index (κ2) is 8.24. The molecule has 22 heavy (non-hydrogen) atoms. The third-order valence-electron chi connectivity index (χ3n) is 3.36. The van der Waals surface area contributed by atoms with Crippen molar-refractivity contribution in [3.05, 3.63) is 65.7 Å². The summed E-state index contributed by atoms with van der Waals surface area (Å²) in [4.78, 5) is 18.2. The molecule has 2 rings (SSSR count). The molecular weight excluding hydrogens is 281 g/mol. The van der Waals surface area contributed by atoms with E-state index in [0.717, 1.165) is 11.3 Å². The summed E-state index contributed by atoms with van der Waals surface area (Å²) in [7, 11) is 0. The standard InChI is InChI=1S/C17H20FN3O/c18-15-6-4-14(5-7-15)13-21(17(22)8-10-19)12-9-16-3-1-2-11-20-16/h1-7,11H,8-10,12-13,19H2. The lowest BCUT2D eigenvalue weighted by Gasteiger charge is -2.22. The maximum atomic E-state index is 13.0. The van der Waals surface area contributed by atoms with E-state index in [4.69, 9.17) is 5.73 Å². The fraction of sp³-hybridized carbons (Fsp3) is 0.294. The normalized spacial score (nSPS) is 10.5. The number of hydrogen-bond donors (Lipinski definition) is 1. The van der Waals surface area contributed by atoms with Crippen LogP contribution < -0.4 is 5.73 Å². The van der Waals surface area contributed by atoms with E-state index in [1.54, 1.807) is 23.2 Å². The molecule has 1 aromatic heterocycles. The van der Waals surface area contributed by atoms with Gasteiger partial charge in [0.05, 0.1) is 0 Å². The Balaban J connectivity index is 2.02. The molecule has 0 spiro atoms. The highest BCUT2D eigenvalue weighted by Gasteiger charge is 2.13. The van der Waals surface area contributed by atoms with E-state index >= 15 is 0 Å². The number of amides is 1. The van der Waals surface area contributed by atoms with Gasteiger partial charge in [0, 0.05) is 44.4 Å². The number of aromatic nitrogens is 1. The third-order valence-corrected chi connectivity index (χ3v) is 3.36. The molecule has 0 fully saturated rings. The van der Waals surface area contributed by atoms with Crippen molar-refractivity contribution < 1.29 is 9.18 Å². The molecule has 2 aromatic rings. The van der Waals surface area contributed by atoms with Crippen LogP contribution in [-0.4, -0.2) is 28.9 Å². The molecule has 1 heterocycles. The number of halogens is 1. The summed E-state index contributed by atoms with van der Waals surface area (Å²) in [5.74, 6) is -0.278. The molecule has 0 saturated carbocycles. The fourth-order valence-electron chi connectivity index (χ4n) is 2.18. The minimum Gasteiger partial charge on any atom is -0.338 e. The Hall–Kier alpha value is -2.27. The number of carbonyl (C=O) groups is 1. The van der Waals surface area contributed by atoms with Crippen LogP contribution in [-0.2, 0) is 17.8 Å². The van der Waals surface area contributed by atoms with Crippen LogP contribution in [0.4, 0.5) is 4.39 Å². The minimum atomic E-state index is -0.280. The van der Waals surface area contributed by atoms with Crippen molar-refractivity contribution in [3.8, 4) is 0 Å². The summed E-state index contributed by atoms with van der Waals surface area (Å²) in [6, 6.07) is 11.9. The quantitative estimate of drug-likeness (QED) is 0.852. The Morgan fingerprint density at radius 1 is 1.18 bits per heavy atom. The highest BCUT2D eigenvalue weighted by atomic mass is 19.1. The van der Waals surface area contributed by atoms with E-state index in [1.807, 2.05) is 18.2 Å². The average molecular weight is 301 g/mol. The Morgan fingerprint density at radius 3 is 2.59 bits per heavy atom. The van der Waals surface area contributed by atoms with Gasteiger partial charge in [-0.2, -0.15) is 0 Å². The van der Waals surface area contributed by atoms with Crippen molar-refractivity contribution >= 4 is 5.91 Å². The minimum absolute atomic E-state index is 0.00255. The van der Waals surface area contributed by atoms with Gasteiger partial charge in [-0.15, -0.1) is 0 Å². The summed E-state index contributed by atoms with van der Waals surface area (Å²) in [5, 5.41) is 0. The molecule has 0 atom stereocenters. The van der Waals surface area contributed by atoms with E-state index in [1.165, 1.54) is 12.1 Å². The topological polar surface area (TPSA) is 59.2 Å². The van der Waals surface area contributed by atoms with Crippen LogP contribution in [0, 0.1) is 5.82 Å². The van der Waals surface area contributed by atoms with E-state index in [0.29, 0.717) is 32.5 Å². The van der Waals surface area contributed by atoms with Gasteiger partial charge < -0.3 is 10.6 Å². The van der Waals surface area contributed by atoms with Crippen LogP contribution >= 0.6 is 0 Å². The lowest BCUT2D eigenvalue weighted by atomic mass is 10.2. The summed E-state index contributed by atoms with van der Waals surface area (Å²) in [6.07, 6.45) is 2.73. The molecule has 0 bridgehead atoms. The van der Waals surface area contributed by atoms with Gasteiger partial charge in [-0.05, 0) is 29.8 Å². The van der Waals surface area contributed by atoms with Crippen LogP contribution in [0.5, 0.6) is 0 Å². The molecule has 1 amide bonds. The highest BCUT2D eigenvalue weighted by molar-refractivity contribution is 5.76. The Labute approximate surface area is 129 Å². The molecule has 5 heteroatoms. The third kappa shape index (κ3) is 4.93. The molecule has 116 valence electrons. The molecule has 0 saturated heterocycles. The van der Waals surface area contributed by atoms with Crippen molar-refractivity contribution in [1.82, 2.24) is 9.88 Å². The number of nitrogens with zero attached hydrogens (tertiary/aromatic N) is 2. The lowest BCUT2D eigenvalue weighted by molar-refractivity contribution is -0.131. The summed E-state index contributed by atoms with van der Waals surface area (Å²) in [6.45, 7) is 1.33. The lowest BCUT2D eigenvalue weighted by Crippen LogP contribution is -2.33. The number of benzene rings is 1. The van der Waals surface area contributed by atoms with Crippen molar-refractivity contribution in [1.29, 1.82) is 0 Å². The van der Waals surface area contributed by atoms with Crippen LogP contribution in [0.25, 0.3) is 0 Å². The van der Waals surface area contributed by atoms with Gasteiger partial charge in [0.1, 0.15) is 5.82 Å². The van der Waals surface area contributed by atoms with Gasteiger partial charge in [0.2, 0.25) is 5.91 Å². The first-order valence-corrected chi connectivity index (χ1v) is 7.31. The number of pyridine rings is 1. The molecule has 0 aliphatic carbocycles. The second-order valence-electron chi connectivity index (χ2n) is 5.05. The molecule has 0 unspecified atom stereocenters. The van der Waals surface area contributed by atoms with Crippen molar-refractivity contribution in [3.63, 3.8) is 0 Å². The molecule has 0 aliphatic heterocycles. The van der Waals surface area contributed by atoms with Gasteiger partial charge in [0.15, 0.2) is 0 Å². The summed E-state index contributed by atoms with van der Waals surface area (Å²) in [5.41, 5.74) is 7.31. The van der Waals surface area contributed by atoms with Crippen LogP contribution in [0.15, 0.2) is 48.7 Å². The van der Waals surface area contributed by atoms with Gasteiger partial charge in [-0.25, -0.2) is 4.39 Å². The molecular formula is C17H20FN3O. The van der Waals surface area contributed by atoms with E-state index in [9.17, 15) is 9.18 Å². The number of carbonyl (C=O) groups excluding carboxylic acids is 1. The zero-order valence-electron chi connectivity index (χ0n) is 12.4. The first kappa shape index (κ1) is 16.1. The Bertz CT molecular complexity index is 587. The monoisotopic (exact) mass is 301 g/mol. The smallest absolute Gasteiger partial charge is 0.224 e. The number of nitrogens with two attached hydrogens (primary N) is 1. The first-order chi connectivity index (χ1) is 10.7. The molecule has 2 N–H and O–H groups in total. The van der Waals surface area contributed by atoms with E-state index in [-0.39, 0.29) is 11.7 Å². The van der Waals surface area contributed by atoms with Gasteiger partial charge in [-0.3, -0.25) is 9.78 Å². The van der Waals surface area contributed by atoms with Crippen molar-refractivity contribution in [2.24, 2.45) is 5.73 Å². The van der Waals surface area contributed by atoms with Crippen LogP contribution in [0.3, 0.4) is 0 Å². The van der Waals surface area contributed by atoms with Crippen LogP contribution in [0.1, 0.15) is 17.7 Å². The fourth-order valence-corrected chi connectivity index (χ4v) is 2.18. The largest absolute Gasteiger partial charge is 0.338 e. The average Bonchev–Trinajstić information content (AvgIpc) is 2.54. The molecule has 0 radical (unpaired) electrons. The Kier molecular flexibility index (Phi) is 6.03. The first-order valence-electron chi connectivity index (χ1n) is 7.31. The summed E-state index contributed by atoms with van der Waals surface area (Å²) >= 11 is 0. The maximum absolute atomic E-state index is 13.0. The highest BCUT2D eigenvalue weighted by Crippen LogP contribution is 2.09. The molecule has 0 aliphatic rings. The molecule has 1 aromatic carbocycles. The van der Waals surface area contributed by atoms with Crippen molar-refractivity contribution in [2.45, 2.75) is 19.4 Å². The van der Waals surface area contributed by atoms with Crippen LogP contribution in [0.2, 0.25) is 0 Å². The Morgan fingerprint density at radius 2 is 1.95 bits per heavy atom. The van der Waals surface area contributed by atoms with Gasteiger partial charge in [-0.1, -0.05) is 18.2 Å².